The molecule has 2 aromatic carbocycles. The fourth-order valence-electron chi connectivity index (χ4n) is 5.06. The van der Waals surface area contributed by atoms with Gasteiger partial charge in [-0.2, -0.15) is 0 Å². The molecule has 2 aliphatic heterocycles. The van der Waals surface area contributed by atoms with Gasteiger partial charge in [-0.15, -0.1) is 0 Å². The average molecular weight is 318 g/mol. The van der Waals surface area contributed by atoms with E-state index < -0.39 is 17.1 Å². The van der Waals surface area contributed by atoms with E-state index in [2.05, 4.69) is 0 Å². The van der Waals surface area contributed by atoms with Gasteiger partial charge in [-0.05, 0) is 30.4 Å². The topological polar surface area (TPSA) is 43.4 Å². The fraction of sp³-hybridized carbons (Fsp3) is 0.333. The van der Waals surface area contributed by atoms with Crippen molar-refractivity contribution in [2.75, 3.05) is 0 Å². The second-order valence-electron chi connectivity index (χ2n) is 7.22. The molecule has 3 atom stereocenters. The van der Waals surface area contributed by atoms with Crippen LogP contribution in [0.5, 0.6) is 0 Å². The molecule has 0 N–H and O–H groups in total. The molecular formula is C21H18O3. The molecule has 0 aromatic heterocycles. The van der Waals surface area contributed by atoms with Gasteiger partial charge in [0.15, 0.2) is 11.6 Å². The van der Waals surface area contributed by atoms with E-state index in [1.807, 2.05) is 54.6 Å². The van der Waals surface area contributed by atoms with Gasteiger partial charge in [-0.1, -0.05) is 54.6 Å². The summed E-state index contributed by atoms with van der Waals surface area (Å²) in [4.78, 5) is 25.8. The van der Waals surface area contributed by atoms with Crippen molar-refractivity contribution in [1.29, 1.82) is 0 Å². The number of benzene rings is 2. The summed E-state index contributed by atoms with van der Waals surface area (Å²) in [6, 6.07) is 17.9. The highest BCUT2D eigenvalue weighted by Gasteiger charge is 2.68. The summed E-state index contributed by atoms with van der Waals surface area (Å²) in [5.41, 5.74) is 1.59. The minimum atomic E-state index is -0.678. The second-order valence-corrected chi connectivity index (χ2v) is 7.22. The number of rotatable bonds is 1. The molecule has 2 fully saturated rings. The van der Waals surface area contributed by atoms with Gasteiger partial charge >= 0.3 is 0 Å². The Labute approximate surface area is 140 Å². The van der Waals surface area contributed by atoms with Crippen molar-refractivity contribution in [2.24, 2.45) is 5.41 Å². The highest BCUT2D eigenvalue weighted by Crippen LogP contribution is 2.63. The summed E-state index contributed by atoms with van der Waals surface area (Å²) in [5, 5.41) is 0. The second kappa shape index (κ2) is 4.64. The first kappa shape index (κ1) is 14.1. The number of Topliss-reactive ketones (excluding diaryl/α,β-unsaturated/α-hetero) is 2. The predicted molar refractivity (Wildman–Crippen MR) is 88.8 cm³/mol. The first-order valence-electron chi connectivity index (χ1n) is 8.55. The maximum absolute atomic E-state index is 13.5. The molecule has 0 amide bonds. The minimum absolute atomic E-state index is 0.141. The number of ether oxygens (including phenoxy) is 1. The molecule has 3 nitrogen and oxygen atoms in total. The Bertz CT molecular complexity index is 856. The van der Waals surface area contributed by atoms with Crippen LogP contribution in [0.1, 0.15) is 40.7 Å². The van der Waals surface area contributed by atoms with Crippen LogP contribution in [0.25, 0.3) is 0 Å². The Morgan fingerprint density at radius 2 is 1.71 bits per heavy atom. The Balaban J connectivity index is 1.73. The molecule has 0 radical (unpaired) electrons. The van der Waals surface area contributed by atoms with Crippen molar-refractivity contribution in [3.8, 4) is 0 Å². The van der Waals surface area contributed by atoms with Crippen molar-refractivity contribution in [3.63, 3.8) is 0 Å². The largest absolute Gasteiger partial charge is 0.358 e. The average Bonchev–Trinajstić information content (AvgIpc) is 3.07. The van der Waals surface area contributed by atoms with E-state index in [0.29, 0.717) is 25.7 Å². The summed E-state index contributed by atoms with van der Waals surface area (Å²) in [6.45, 7) is 0. The lowest BCUT2D eigenvalue weighted by molar-refractivity contribution is -0.152. The summed E-state index contributed by atoms with van der Waals surface area (Å²) >= 11 is 0. The molecule has 0 saturated carbocycles. The molecule has 2 saturated heterocycles. The summed E-state index contributed by atoms with van der Waals surface area (Å²) in [7, 11) is 0. The molecule has 3 heteroatoms. The minimum Gasteiger partial charge on any atom is -0.358 e. The number of hydrogen-bond acceptors (Lipinski definition) is 3. The van der Waals surface area contributed by atoms with Crippen molar-refractivity contribution in [3.05, 3.63) is 71.3 Å². The van der Waals surface area contributed by atoms with E-state index >= 15 is 0 Å². The number of carbonyl (C=O) groups excluding carboxylic acids is 2. The van der Waals surface area contributed by atoms with Crippen LogP contribution in [0, 0.1) is 5.41 Å². The van der Waals surface area contributed by atoms with Gasteiger partial charge in [0, 0.05) is 12.0 Å². The van der Waals surface area contributed by atoms with E-state index in [4.69, 9.17) is 4.74 Å². The normalized spacial score (nSPS) is 33.9. The van der Waals surface area contributed by atoms with Crippen LogP contribution in [0.3, 0.4) is 0 Å². The highest BCUT2D eigenvalue weighted by molar-refractivity contribution is 6.07. The van der Waals surface area contributed by atoms with Crippen molar-refractivity contribution in [1.82, 2.24) is 0 Å². The van der Waals surface area contributed by atoms with Gasteiger partial charge in [0.25, 0.3) is 0 Å². The third-order valence-electron chi connectivity index (χ3n) is 6.16. The molecule has 1 aliphatic carbocycles. The van der Waals surface area contributed by atoms with Gasteiger partial charge in [-0.25, -0.2) is 0 Å². The number of ketones is 2. The number of hydrogen-bond donors (Lipinski definition) is 0. The first-order valence-corrected chi connectivity index (χ1v) is 8.55. The van der Waals surface area contributed by atoms with Gasteiger partial charge in [0.05, 0.1) is 5.41 Å². The fourth-order valence-corrected chi connectivity index (χ4v) is 5.06. The van der Waals surface area contributed by atoms with Gasteiger partial charge in [0.2, 0.25) is 0 Å². The summed E-state index contributed by atoms with van der Waals surface area (Å²) < 4.78 is 6.35. The van der Waals surface area contributed by atoms with Crippen LogP contribution in [-0.2, 0) is 21.6 Å². The molecule has 2 bridgehead atoms. The summed E-state index contributed by atoms with van der Waals surface area (Å²) in [6.07, 6.45) is 1.81. The van der Waals surface area contributed by atoms with Crippen LogP contribution >= 0.6 is 0 Å². The van der Waals surface area contributed by atoms with Gasteiger partial charge in [0.1, 0.15) is 11.7 Å². The number of fused-ring (bicyclic) bond motifs is 4. The zero-order valence-corrected chi connectivity index (χ0v) is 13.3. The van der Waals surface area contributed by atoms with E-state index in [-0.39, 0.29) is 11.6 Å². The van der Waals surface area contributed by atoms with Crippen LogP contribution in [0.15, 0.2) is 54.6 Å². The first-order chi connectivity index (χ1) is 11.7. The molecule has 3 aliphatic rings. The molecule has 1 spiro atoms. The van der Waals surface area contributed by atoms with Crippen LogP contribution in [0.2, 0.25) is 0 Å². The quantitative estimate of drug-likeness (QED) is 0.809. The zero-order chi connectivity index (χ0) is 16.4. The third-order valence-corrected chi connectivity index (χ3v) is 6.16. The van der Waals surface area contributed by atoms with E-state index in [1.165, 1.54) is 0 Å². The standard InChI is InChI=1S/C21H18O3/c22-17-10-11-21(15-7-2-1-3-8-15)20(13-18(17)24-21)12-14-6-4-5-9-16(14)19(20)23/h1-9,18H,10-13H2/t18-,20+,21+/m1/s1. The Morgan fingerprint density at radius 1 is 0.958 bits per heavy atom. The third kappa shape index (κ3) is 1.56. The smallest absolute Gasteiger partial charge is 0.172 e. The van der Waals surface area contributed by atoms with Gasteiger partial charge < -0.3 is 4.74 Å². The SMILES string of the molecule is O=C1CC[C@@]2(c3ccccc3)O[C@@H]1C[C@]21Cc2ccccc2C1=O. The van der Waals surface area contributed by atoms with E-state index in [0.717, 1.165) is 16.7 Å². The molecule has 2 aromatic rings. The maximum Gasteiger partial charge on any atom is 0.172 e. The Morgan fingerprint density at radius 3 is 2.50 bits per heavy atom. The molecule has 24 heavy (non-hydrogen) atoms. The number of carbonyl (C=O) groups is 2. The highest BCUT2D eigenvalue weighted by atomic mass is 16.5. The van der Waals surface area contributed by atoms with Crippen molar-refractivity contribution < 1.29 is 14.3 Å². The predicted octanol–water partition coefficient (Wildman–Crippen LogP) is 3.46. The lowest BCUT2D eigenvalue weighted by Crippen LogP contribution is -2.48. The monoisotopic (exact) mass is 318 g/mol. The van der Waals surface area contributed by atoms with Crippen LogP contribution in [0.4, 0.5) is 0 Å². The van der Waals surface area contributed by atoms with E-state index in [9.17, 15) is 9.59 Å². The Hall–Kier alpha value is -2.26. The van der Waals surface area contributed by atoms with Crippen LogP contribution < -0.4 is 0 Å². The molecule has 0 unspecified atom stereocenters. The molecule has 5 rings (SSSR count). The molecular weight excluding hydrogens is 300 g/mol. The molecule has 2 heterocycles. The van der Waals surface area contributed by atoms with E-state index in [1.54, 1.807) is 0 Å². The van der Waals surface area contributed by atoms with Crippen molar-refractivity contribution in [2.45, 2.75) is 37.4 Å². The lowest BCUT2D eigenvalue weighted by atomic mass is 9.64. The van der Waals surface area contributed by atoms with Crippen molar-refractivity contribution >= 4 is 11.6 Å². The Kier molecular flexibility index (Phi) is 2.73. The molecule has 120 valence electrons. The maximum atomic E-state index is 13.5. The van der Waals surface area contributed by atoms with Gasteiger partial charge in [-0.3, -0.25) is 9.59 Å². The zero-order valence-electron chi connectivity index (χ0n) is 13.3. The summed E-state index contributed by atoms with van der Waals surface area (Å²) in [5.74, 6) is 0.293. The lowest BCUT2D eigenvalue weighted by Gasteiger charge is -2.42. The van der Waals surface area contributed by atoms with Crippen LogP contribution in [-0.4, -0.2) is 17.7 Å².